The van der Waals surface area contributed by atoms with Gasteiger partial charge in [-0.1, -0.05) is 18.2 Å². The molecule has 0 saturated heterocycles. The van der Waals surface area contributed by atoms with Gasteiger partial charge in [0.1, 0.15) is 0 Å². The topological polar surface area (TPSA) is 108 Å². The van der Waals surface area contributed by atoms with Crippen molar-refractivity contribution >= 4 is 10.0 Å². The van der Waals surface area contributed by atoms with E-state index < -0.39 is 10.0 Å². The van der Waals surface area contributed by atoms with Crippen LogP contribution in [0.15, 0.2) is 61.4 Å². The molecule has 9 nitrogen and oxygen atoms in total. The van der Waals surface area contributed by atoms with Crippen LogP contribution in [0.5, 0.6) is 0 Å². The predicted molar refractivity (Wildman–Crippen MR) is 130 cm³/mol. The van der Waals surface area contributed by atoms with E-state index in [0.29, 0.717) is 5.82 Å². The van der Waals surface area contributed by atoms with Crippen LogP contribution in [-0.4, -0.2) is 50.2 Å². The molecular weight excluding hydrogens is 450 g/mol. The van der Waals surface area contributed by atoms with Crippen LogP contribution in [0.1, 0.15) is 31.7 Å². The van der Waals surface area contributed by atoms with Gasteiger partial charge < -0.3 is 0 Å². The van der Waals surface area contributed by atoms with Crippen LogP contribution in [-0.2, 0) is 17.1 Å². The van der Waals surface area contributed by atoms with Gasteiger partial charge >= 0.3 is 0 Å². The third-order valence-corrected chi connectivity index (χ3v) is 6.91. The van der Waals surface area contributed by atoms with Gasteiger partial charge in [0.2, 0.25) is 10.0 Å². The number of aryl methyl sites for hydroxylation is 1. The van der Waals surface area contributed by atoms with Gasteiger partial charge in [0.15, 0.2) is 5.82 Å². The van der Waals surface area contributed by atoms with Gasteiger partial charge in [0.25, 0.3) is 0 Å². The van der Waals surface area contributed by atoms with Crippen LogP contribution < -0.4 is 4.72 Å². The molecule has 1 fully saturated rings. The Labute approximate surface area is 198 Å². The Balaban J connectivity index is 1.31. The maximum atomic E-state index is 11.6. The molecule has 1 aliphatic rings. The van der Waals surface area contributed by atoms with Crippen LogP contribution in [0.25, 0.3) is 33.6 Å². The highest BCUT2D eigenvalue weighted by atomic mass is 32.2. The first-order valence-electron chi connectivity index (χ1n) is 11.3. The summed E-state index contributed by atoms with van der Waals surface area (Å²) in [4.78, 5) is 9.19. The van der Waals surface area contributed by atoms with Crippen molar-refractivity contribution in [1.29, 1.82) is 0 Å². The zero-order valence-electron chi connectivity index (χ0n) is 19.2. The minimum absolute atomic E-state index is 0.0496. The van der Waals surface area contributed by atoms with E-state index in [1.165, 1.54) is 6.26 Å². The summed E-state index contributed by atoms with van der Waals surface area (Å²) in [5.74, 6) is 0.656. The van der Waals surface area contributed by atoms with Crippen molar-refractivity contribution in [2.45, 2.75) is 37.8 Å². The van der Waals surface area contributed by atoms with Crippen molar-refractivity contribution in [2.75, 3.05) is 6.26 Å². The minimum Gasteiger partial charge on any atom is -0.275 e. The number of hydrogen-bond donors (Lipinski definition) is 1. The van der Waals surface area contributed by atoms with Crippen molar-refractivity contribution in [3.8, 4) is 33.6 Å². The van der Waals surface area contributed by atoms with Crippen molar-refractivity contribution in [2.24, 2.45) is 7.05 Å². The average molecular weight is 478 g/mol. The van der Waals surface area contributed by atoms with E-state index in [0.717, 1.165) is 53.5 Å². The second kappa shape index (κ2) is 9.11. The summed E-state index contributed by atoms with van der Waals surface area (Å²) < 4.78 is 29.7. The maximum absolute atomic E-state index is 11.6. The smallest absolute Gasteiger partial charge is 0.208 e. The molecule has 0 spiro atoms. The molecule has 176 valence electrons. The van der Waals surface area contributed by atoms with Crippen LogP contribution in [0, 0.1) is 0 Å². The highest BCUT2D eigenvalue weighted by Crippen LogP contribution is 2.30. The van der Waals surface area contributed by atoms with Gasteiger partial charge in [0, 0.05) is 60.1 Å². The van der Waals surface area contributed by atoms with Gasteiger partial charge in [-0.2, -0.15) is 10.2 Å². The molecule has 1 saturated carbocycles. The molecule has 1 unspecified atom stereocenters. The molecular formula is C24H27N7O2S. The Hall–Kier alpha value is -3.37. The van der Waals surface area contributed by atoms with Gasteiger partial charge in [-0.15, -0.1) is 0 Å². The summed E-state index contributed by atoms with van der Waals surface area (Å²) in [5.41, 5.74) is 4.88. The van der Waals surface area contributed by atoms with Crippen molar-refractivity contribution in [3.63, 3.8) is 0 Å². The molecule has 0 radical (unpaired) electrons. The first-order valence-corrected chi connectivity index (χ1v) is 13.2. The lowest BCUT2D eigenvalue weighted by Gasteiger charge is -2.29. The zero-order valence-corrected chi connectivity index (χ0v) is 20.0. The highest BCUT2D eigenvalue weighted by Gasteiger charge is 2.26. The molecule has 2 atom stereocenters. The van der Waals surface area contributed by atoms with E-state index in [9.17, 15) is 8.42 Å². The van der Waals surface area contributed by atoms with Crippen molar-refractivity contribution in [3.05, 3.63) is 61.4 Å². The van der Waals surface area contributed by atoms with E-state index in [1.807, 2.05) is 67.1 Å². The number of aromatic nitrogens is 6. The first-order chi connectivity index (χ1) is 16.3. The summed E-state index contributed by atoms with van der Waals surface area (Å²) in [6, 6.07) is 8.22. The molecule has 1 aliphatic carbocycles. The van der Waals surface area contributed by atoms with Gasteiger partial charge in [0.05, 0.1) is 24.7 Å². The Morgan fingerprint density at radius 1 is 0.912 bits per heavy atom. The molecule has 0 amide bonds. The van der Waals surface area contributed by atoms with Crippen molar-refractivity contribution < 1.29 is 8.42 Å². The van der Waals surface area contributed by atoms with Crippen LogP contribution in [0.4, 0.5) is 0 Å². The Bertz CT molecular complexity index is 1390. The molecule has 34 heavy (non-hydrogen) atoms. The molecule has 1 aromatic carbocycles. The Kier molecular flexibility index (Phi) is 6.01. The third kappa shape index (κ3) is 5.07. The second-order valence-corrected chi connectivity index (χ2v) is 10.7. The molecule has 4 aromatic rings. The van der Waals surface area contributed by atoms with Gasteiger partial charge in [-0.05, 0) is 37.3 Å². The van der Waals surface area contributed by atoms with E-state index in [-0.39, 0.29) is 12.1 Å². The Morgan fingerprint density at radius 2 is 1.65 bits per heavy atom. The molecule has 5 rings (SSSR count). The monoisotopic (exact) mass is 477 g/mol. The molecule has 3 heterocycles. The fraction of sp³-hybridized carbons (Fsp3) is 0.333. The normalized spacial score (nSPS) is 18.8. The third-order valence-electron chi connectivity index (χ3n) is 6.15. The largest absolute Gasteiger partial charge is 0.275 e. The quantitative estimate of drug-likeness (QED) is 0.456. The SMILES string of the molecule is Cn1cc(-c2cccc(-c3ncc(-c4cnn(C5CCC[C@@H](NS(C)(=O)=O)C5)c4)cn3)c2)cn1. The van der Waals surface area contributed by atoms with E-state index >= 15 is 0 Å². The summed E-state index contributed by atoms with van der Waals surface area (Å²) in [6.45, 7) is 0. The van der Waals surface area contributed by atoms with Gasteiger partial charge in [-0.25, -0.2) is 23.1 Å². The lowest BCUT2D eigenvalue weighted by Crippen LogP contribution is -2.38. The van der Waals surface area contributed by atoms with Gasteiger partial charge in [-0.3, -0.25) is 9.36 Å². The minimum atomic E-state index is -3.21. The standard InChI is InChI=1S/C24H27N7O2S/c1-30-15-20(13-27-30)17-5-3-6-18(9-17)24-25-11-19(12-26-24)21-14-28-31(16-21)23-8-4-7-22(10-23)29-34(2,32)33/h3,5-6,9,11-16,22-23,29H,4,7-8,10H2,1-2H3/t22-,23?/m1/s1. The fourth-order valence-corrected chi connectivity index (χ4v) is 5.35. The summed E-state index contributed by atoms with van der Waals surface area (Å²) >= 11 is 0. The number of hydrogen-bond acceptors (Lipinski definition) is 6. The zero-order chi connectivity index (χ0) is 23.7. The highest BCUT2D eigenvalue weighted by molar-refractivity contribution is 7.88. The second-order valence-electron chi connectivity index (χ2n) is 8.90. The number of benzene rings is 1. The lowest BCUT2D eigenvalue weighted by molar-refractivity contribution is 0.289. The van der Waals surface area contributed by atoms with Crippen LogP contribution in [0.2, 0.25) is 0 Å². The fourth-order valence-electron chi connectivity index (χ4n) is 4.54. The van der Waals surface area contributed by atoms with E-state index in [1.54, 1.807) is 4.68 Å². The first kappa shape index (κ1) is 22.4. The summed E-state index contributed by atoms with van der Waals surface area (Å²) in [5, 5.41) is 8.79. The van der Waals surface area contributed by atoms with E-state index in [4.69, 9.17) is 0 Å². The maximum Gasteiger partial charge on any atom is 0.208 e. The van der Waals surface area contributed by atoms with Crippen molar-refractivity contribution in [1.82, 2.24) is 34.3 Å². The van der Waals surface area contributed by atoms with Crippen LogP contribution in [0.3, 0.4) is 0 Å². The molecule has 1 N–H and O–H groups in total. The van der Waals surface area contributed by atoms with E-state index in [2.05, 4.69) is 31.0 Å². The number of nitrogens with zero attached hydrogens (tertiary/aromatic N) is 6. The number of sulfonamides is 1. The molecule has 10 heteroatoms. The lowest BCUT2D eigenvalue weighted by atomic mass is 9.92. The number of rotatable bonds is 6. The number of nitrogens with one attached hydrogen (secondary N) is 1. The summed E-state index contributed by atoms with van der Waals surface area (Å²) in [6.07, 6.45) is 16.0. The molecule has 0 aliphatic heterocycles. The summed E-state index contributed by atoms with van der Waals surface area (Å²) in [7, 11) is -1.31. The molecule has 0 bridgehead atoms. The average Bonchev–Trinajstić information content (AvgIpc) is 3.48. The molecule has 3 aromatic heterocycles. The van der Waals surface area contributed by atoms with Crippen LogP contribution >= 0.6 is 0 Å². The predicted octanol–water partition coefficient (Wildman–Crippen LogP) is 3.44. The Morgan fingerprint density at radius 3 is 2.38 bits per heavy atom.